The summed E-state index contributed by atoms with van der Waals surface area (Å²) in [6.45, 7) is 10.7. The third kappa shape index (κ3) is 5.48. The Labute approximate surface area is 175 Å². The number of aromatic nitrogens is 1. The second-order valence-electron chi connectivity index (χ2n) is 8.13. The molecule has 0 saturated heterocycles. The fourth-order valence-corrected chi connectivity index (χ4v) is 5.25. The van der Waals surface area contributed by atoms with Gasteiger partial charge in [-0.05, 0) is 48.4 Å². The molecule has 1 aromatic heterocycles. The summed E-state index contributed by atoms with van der Waals surface area (Å²) in [5.74, 6) is -1.14. The Morgan fingerprint density at radius 1 is 1.31 bits per heavy atom. The van der Waals surface area contributed by atoms with Crippen LogP contribution in [0.15, 0.2) is 26.2 Å². The molecule has 0 aliphatic carbocycles. The molecule has 1 unspecified atom stereocenters. The molecule has 1 heterocycles. The standard InChI is InChI=1S/C20H28FN3O3S2/c1-11(2)13-7-8-15(21)18(12(3)4)14(13)9-17(25)24-29(22,27)19-23-16(10-28-19)20(5,6)26/h7-8,10-12,26H,9H2,1-6H3,(H2,22,24,25,27). The van der Waals surface area contributed by atoms with E-state index < -0.39 is 21.4 Å². The number of aliphatic hydroxyl groups is 1. The molecule has 0 saturated carbocycles. The Kier molecular flexibility index (Phi) is 6.99. The Balaban J connectivity index is 2.46. The number of nitrogens with zero attached hydrogens (tertiary/aromatic N) is 2. The van der Waals surface area contributed by atoms with Crippen molar-refractivity contribution in [3.63, 3.8) is 0 Å². The van der Waals surface area contributed by atoms with E-state index in [1.807, 2.05) is 27.7 Å². The van der Waals surface area contributed by atoms with Gasteiger partial charge in [-0.15, -0.1) is 15.7 Å². The zero-order valence-electron chi connectivity index (χ0n) is 17.5. The van der Waals surface area contributed by atoms with Gasteiger partial charge in [0.1, 0.15) is 11.4 Å². The molecule has 1 aromatic carbocycles. The van der Waals surface area contributed by atoms with Gasteiger partial charge in [-0.3, -0.25) is 4.79 Å². The predicted octanol–water partition coefficient (Wildman–Crippen LogP) is 4.23. The lowest BCUT2D eigenvalue weighted by Gasteiger charge is -2.19. The third-order valence-electron chi connectivity index (χ3n) is 4.47. The molecule has 160 valence electrons. The second kappa shape index (κ2) is 8.59. The number of halogens is 1. The van der Waals surface area contributed by atoms with Gasteiger partial charge >= 0.3 is 0 Å². The molecule has 0 aliphatic rings. The highest BCUT2D eigenvalue weighted by Gasteiger charge is 2.24. The summed E-state index contributed by atoms with van der Waals surface area (Å²) in [4.78, 5) is 16.7. The number of hydrogen-bond donors (Lipinski definition) is 2. The number of thiazole rings is 1. The van der Waals surface area contributed by atoms with E-state index in [2.05, 4.69) is 9.35 Å². The van der Waals surface area contributed by atoms with E-state index in [1.165, 1.54) is 25.3 Å². The summed E-state index contributed by atoms with van der Waals surface area (Å²) in [5.41, 5.74) is 0.944. The van der Waals surface area contributed by atoms with Crippen molar-refractivity contribution in [3.8, 4) is 0 Å². The van der Waals surface area contributed by atoms with Crippen molar-refractivity contribution >= 4 is 27.2 Å². The molecule has 2 aromatic rings. The number of carbonyl (C=O) groups excluding carboxylic acids is 1. The molecular formula is C20H28FN3O3S2. The highest BCUT2D eigenvalue weighted by molar-refractivity contribution is 7.93. The predicted molar refractivity (Wildman–Crippen MR) is 114 cm³/mol. The number of rotatable bonds is 6. The minimum atomic E-state index is -3.57. The van der Waals surface area contributed by atoms with E-state index in [9.17, 15) is 18.5 Å². The lowest BCUT2D eigenvalue weighted by Crippen LogP contribution is -2.19. The van der Waals surface area contributed by atoms with E-state index in [0.717, 1.165) is 16.9 Å². The van der Waals surface area contributed by atoms with Gasteiger partial charge < -0.3 is 5.11 Å². The van der Waals surface area contributed by atoms with Crippen LogP contribution in [-0.2, 0) is 26.7 Å². The molecule has 0 fully saturated rings. The summed E-state index contributed by atoms with van der Waals surface area (Å²) in [6.07, 6.45) is -0.198. The van der Waals surface area contributed by atoms with E-state index >= 15 is 0 Å². The van der Waals surface area contributed by atoms with Crippen LogP contribution in [-0.4, -0.2) is 20.2 Å². The van der Waals surface area contributed by atoms with Crippen LogP contribution in [0.1, 0.15) is 75.8 Å². The van der Waals surface area contributed by atoms with E-state index in [1.54, 1.807) is 6.07 Å². The van der Waals surface area contributed by atoms with Crippen molar-refractivity contribution < 1.29 is 18.5 Å². The van der Waals surface area contributed by atoms with Crippen LogP contribution in [0.3, 0.4) is 0 Å². The molecule has 0 aliphatic heterocycles. The number of carbonyl (C=O) groups is 1. The van der Waals surface area contributed by atoms with Gasteiger partial charge in [0.2, 0.25) is 4.34 Å². The maximum atomic E-state index is 14.5. The van der Waals surface area contributed by atoms with Crippen molar-refractivity contribution in [1.82, 2.24) is 4.98 Å². The molecule has 2 rings (SSSR count). The molecule has 6 nitrogen and oxygen atoms in total. The van der Waals surface area contributed by atoms with Crippen LogP contribution in [0.5, 0.6) is 0 Å². The highest BCUT2D eigenvalue weighted by Crippen LogP contribution is 2.31. The monoisotopic (exact) mass is 441 g/mol. The summed E-state index contributed by atoms with van der Waals surface area (Å²) in [6, 6.07) is 3.08. The first kappa shape index (κ1) is 23.6. The SMILES string of the molecule is CC(C)c1ccc(F)c(C(C)C)c1CC(=O)N=S(N)(=O)c1nc(C(C)(C)O)cs1. The van der Waals surface area contributed by atoms with Gasteiger partial charge in [-0.1, -0.05) is 33.8 Å². The quantitative estimate of drug-likeness (QED) is 0.700. The second-order valence-corrected chi connectivity index (χ2v) is 10.9. The largest absolute Gasteiger partial charge is 0.384 e. The smallest absolute Gasteiger partial charge is 0.259 e. The fraction of sp³-hybridized carbons (Fsp3) is 0.500. The van der Waals surface area contributed by atoms with Gasteiger partial charge in [0.05, 0.1) is 12.1 Å². The van der Waals surface area contributed by atoms with Crippen LogP contribution < -0.4 is 5.14 Å². The first-order chi connectivity index (χ1) is 13.2. The minimum Gasteiger partial charge on any atom is -0.384 e. The zero-order valence-corrected chi connectivity index (χ0v) is 19.2. The Bertz CT molecular complexity index is 1030. The number of benzene rings is 1. The van der Waals surface area contributed by atoms with E-state index in [-0.39, 0.29) is 28.4 Å². The molecule has 0 bridgehead atoms. The first-order valence-electron chi connectivity index (χ1n) is 9.31. The van der Waals surface area contributed by atoms with Gasteiger partial charge in [0, 0.05) is 5.38 Å². The molecule has 0 radical (unpaired) electrons. The minimum absolute atomic E-state index is 0.0321. The molecule has 29 heavy (non-hydrogen) atoms. The normalized spacial score (nSPS) is 14.3. The van der Waals surface area contributed by atoms with Gasteiger partial charge in [0.25, 0.3) is 5.91 Å². The molecule has 0 spiro atoms. The van der Waals surface area contributed by atoms with E-state index in [4.69, 9.17) is 5.14 Å². The highest BCUT2D eigenvalue weighted by atomic mass is 32.2. The van der Waals surface area contributed by atoms with Crippen molar-refractivity contribution in [2.75, 3.05) is 0 Å². The molecule has 1 amide bonds. The van der Waals surface area contributed by atoms with Crippen LogP contribution >= 0.6 is 11.3 Å². The van der Waals surface area contributed by atoms with Gasteiger partial charge in [-0.25, -0.2) is 18.7 Å². The van der Waals surface area contributed by atoms with Crippen LogP contribution in [0.25, 0.3) is 0 Å². The van der Waals surface area contributed by atoms with Crippen molar-refractivity contribution in [3.05, 3.63) is 45.7 Å². The third-order valence-corrected chi connectivity index (χ3v) is 7.17. The van der Waals surface area contributed by atoms with Crippen molar-refractivity contribution in [2.45, 2.75) is 69.7 Å². The van der Waals surface area contributed by atoms with Crippen LogP contribution in [0.2, 0.25) is 0 Å². The fourth-order valence-electron chi connectivity index (χ4n) is 3.06. The Hall–Kier alpha value is -1.68. The maximum Gasteiger partial charge on any atom is 0.259 e. The molecule has 3 N–H and O–H groups in total. The lowest BCUT2D eigenvalue weighted by atomic mass is 9.86. The molecular weight excluding hydrogens is 413 g/mol. The maximum absolute atomic E-state index is 14.5. The first-order valence-corrected chi connectivity index (χ1v) is 11.8. The average Bonchev–Trinajstić information content (AvgIpc) is 3.04. The number of nitrogens with two attached hydrogens (primary N) is 1. The molecule has 1 atom stereocenters. The summed E-state index contributed by atoms with van der Waals surface area (Å²) < 4.78 is 31.0. The molecule has 9 heteroatoms. The summed E-state index contributed by atoms with van der Waals surface area (Å²) in [5, 5.41) is 17.4. The lowest BCUT2D eigenvalue weighted by molar-refractivity contribution is -0.117. The van der Waals surface area contributed by atoms with E-state index in [0.29, 0.717) is 16.8 Å². The van der Waals surface area contributed by atoms with Gasteiger partial charge in [-0.2, -0.15) is 0 Å². The van der Waals surface area contributed by atoms with Crippen LogP contribution in [0, 0.1) is 5.82 Å². The van der Waals surface area contributed by atoms with Gasteiger partial charge in [0.15, 0.2) is 9.92 Å². The average molecular weight is 442 g/mol. The summed E-state index contributed by atoms with van der Waals surface area (Å²) >= 11 is 0.973. The van der Waals surface area contributed by atoms with Crippen LogP contribution in [0.4, 0.5) is 4.39 Å². The summed E-state index contributed by atoms with van der Waals surface area (Å²) in [7, 11) is -3.57. The zero-order chi connectivity index (χ0) is 22.1. The Morgan fingerprint density at radius 2 is 1.93 bits per heavy atom. The number of amides is 1. The topological polar surface area (TPSA) is 106 Å². The van der Waals surface area contributed by atoms with Crippen molar-refractivity contribution in [2.24, 2.45) is 9.50 Å². The number of hydrogen-bond acceptors (Lipinski definition) is 5. The Morgan fingerprint density at radius 3 is 2.41 bits per heavy atom. The van der Waals surface area contributed by atoms with Crippen molar-refractivity contribution in [1.29, 1.82) is 0 Å².